The number of hydrogen-bond acceptors (Lipinski definition) is 2. The fourth-order valence-electron chi connectivity index (χ4n) is 3.03. The molecule has 0 aliphatic heterocycles. The molecule has 102 valence electrons. The van der Waals surface area contributed by atoms with E-state index in [4.69, 9.17) is 17.3 Å². The lowest BCUT2D eigenvalue weighted by Gasteiger charge is -2.42. The molecule has 1 aromatic rings. The Morgan fingerprint density at radius 3 is 2.39 bits per heavy atom. The highest BCUT2D eigenvalue weighted by Crippen LogP contribution is 2.42. The molecule has 1 heterocycles. The van der Waals surface area contributed by atoms with Crippen molar-refractivity contribution in [2.24, 2.45) is 17.1 Å². The number of rotatable bonds is 2. The van der Waals surface area contributed by atoms with Gasteiger partial charge in [-0.05, 0) is 55.6 Å². The normalized spacial score (nSPS) is 29.5. The number of thiophene rings is 1. The van der Waals surface area contributed by atoms with Crippen LogP contribution in [0.4, 0.5) is 0 Å². The second-order valence-corrected chi connectivity index (χ2v) is 8.68. The topological polar surface area (TPSA) is 26.0 Å². The van der Waals surface area contributed by atoms with Gasteiger partial charge in [-0.2, -0.15) is 0 Å². The fraction of sp³-hybridized carbons (Fsp3) is 0.733. The van der Waals surface area contributed by atoms with Crippen LogP contribution in [-0.4, -0.2) is 5.54 Å². The van der Waals surface area contributed by atoms with Gasteiger partial charge in [0.25, 0.3) is 0 Å². The summed E-state index contributed by atoms with van der Waals surface area (Å²) in [6, 6.07) is 4.10. The van der Waals surface area contributed by atoms with Crippen molar-refractivity contribution in [1.82, 2.24) is 0 Å². The van der Waals surface area contributed by atoms with E-state index in [2.05, 4.69) is 26.8 Å². The Bertz CT molecular complexity index is 397. The van der Waals surface area contributed by atoms with E-state index in [1.54, 1.807) is 11.3 Å². The monoisotopic (exact) mass is 285 g/mol. The molecule has 0 atom stereocenters. The minimum absolute atomic E-state index is 0.00404. The van der Waals surface area contributed by atoms with Crippen LogP contribution in [0, 0.1) is 11.3 Å². The zero-order valence-corrected chi connectivity index (χ0v) is 13.2. The van der Waals surface area contributed by atoms with Gasteiger partial charge in [-0.15, -0.1) is 11.3 Å². The molecule has 0 aromatic carbocycles. The summed E-state index contributed by atoms with van der Waals surface area (Å²) in [5, 5.41) is 0. The van der Waals surface area contributed by atoms with E-state index in [0.29, 0.717) is 5.41 Å². The van der Waals surface area contributed by atoms with Crippen LogP contribution in [0.1, 0.15) is 51.3 Å². The van der Waals surface area contributed by atoms with E-state index >= 15 is 0 Å². The van der Waals surface area contributed by atoms with Gasteiger partial charge >= 0.3 is 0 Å². The highest BCUT2D eigenvalue weighted by Gasteiger charge is 2.36. The SMILES string of the molecule is CC(C)(C)C1CCC(N)(Cc2ccc(Cl)s2)CC1. The van der Waals surface area contributed by atoms with Crippen LogP contribution in [0.5, 0.6) is 0 Å². The van der Waals surface area contributed by atoms with Crippen LogP contribution in [0.2, 0.25) is 4.34 Å². The minimum Gasteiger partial charge on any atom is -0.325 e. The Kier molecular flexibility index (Phi) is 4.10. The molecule has 1 aliphatic rings. The van der Waals surface area contributed by atoms with Crippen molar-refractivity contribution >= 4 is 22.9 Å². The predicted molar refractivity (Wildman–Crippen MR) is 81.4 cm³/mol. The second-order valence-electron chi connectivity index (χ2n) is 6.89. The molecular weight excluding hydrogens is 262 g/mol. The van der Waals surface area contributed by atoms with Crippen LogP contribution >= 0.6 is 22.9 Å². The van der Waals surface area contributed by atoms with Gasteiger partial charge < -0.3 is 5.73 Å². The van der Waals surface area contributed by atoms with Crippen LogP contribution in [0.25, 0.3) is 0 Å². The molecule has 0 bridgehead atoms. The van der Waals surface area contributed by atoms with E-state index in [0.717, 1.165) is 29.5 Å². The van der Waals surface area contributed by atoms with Crippen molar-refractivity contribution in [1.29, 1.82) is 0 Å². The van der Waals surface area contributed by atoms with Crippen LogP contribution < -0.4 is 5.73 Å². The Hall–Kier alpha value is -0.0500. The molecule has 0 radical (unpaired) electrons. The van der Waals surface area contributed by atoms with Crippen molar-refractivity contribution in [2.45, 2.75) is 58.4 Å². The molecule has 3 heteroatoms. The molecule has 1 fully saturated rings. The van der Waals surface area contributed by atoms with Crippen molar-refractivity contribution in [3.05, 3.63) is 21.3 Å². The predicted octanol–water partition coefficient (Wildman–Crippen LogP) is 4.88. The summed E-state index contributed by atoms with van der Waals surface area (Å²) in [6.45, 7) is 7.04. The third-order valence-corrected chi connectivity index (χ3v) is 5.59. The van der Waals surface area contributed by atoms with Gasteiger partial charge in [0.05, 0.1) is 4.34 Å². The molecule has 0 saturated heterocycles. The summed E-state index contributed by atoms with van der Waals surface area (Å²) >= 11 is 7.66. The summed E-state index contributed by atoms with van der Waals surface area (Å²) in [4.78, 5) is 1.33. The van der Waals surface area contributed by atoms with Gasteiger partial charge in [0, 0.05) is 10.4 Å². The smallest absolute Gasteiger partial charge is 0.0931 e. The van der Waals surface area contributed by atoms with Gasteiger partial charge in [0.15, 0.2) is 0 Å². The molecule has 0 spiro atoms. The average Bonchev–Trinajstić information content (AvgIpc) is 2.62. The molecule has 2 N–H and O–H groups in total. The molecule has 1 nitrogen and oxygen atoms in total. The maximum Gasteiger partial charge on any atom is 0.0931 e. The maximum atomic E-state index is 6.57. The zero-order valence-electron chi connectivity index (χ0n) is 11.6. The molecule has 1 saturated carbocycles. The van der Waals surface area contributed by atoms with Crippen molar-refractivity contribution in [3.63, 3.8) is 0 Å². The summed E-state index contributed by atoms with van der Waals surface area (Å²) in [6.07, 6.45) is 5.80. The van der Waals surface area contributed by atoms with E-state index in [-0.39, 0.29) is 5.54 Å². The van der Waals surface area contributed by atoms with Crippen LogP contribution in [0.15, 0.2) is 12.1 Å². The third kappa shape index (κ3) is 3.49. The molecule has 0 unspecified atom stereocenters. The Morgan fingerprint density at radius 1 is 1.33 bits per heavy atom. The summed E-state index contributed by atoms with van der Waals surface area (Å²) in [7, 11) is 0. The lowest BCUT2D eigenvalue weighted by atomic mass is 9.67. The van der Waals surface area contributed by atoms with Crippen molar-refractivity contribution in [2.75, 3.05) is 0 Å². The first kappa shape index (κ1) is 14.4. The lowest BCUT2D eigenvalue weighted by Crippen LogP contribution is -2.46. The van der Waals surface area contributed by atoms with Crippen molar-refractivity contribution in [3.8, 4) is 0 Å². The summed E-state index contributed by atoms with van der Waals surface area (Å²) < 4.78 is 0.872. The average molecular weight is 286 g/mol. The van der Waals surface area contributed by atoms with E-state index in [1.807, 2.05) is 6.07 Å². The summed E-state index contributed by atoms with van der Waals surface area (Å²) in [5.74, 6) is 0.820. The quantitative estimate of drug-likeness (QED) is 0.823. The van der Waals surface area contributed by atoms with Gasteiger partial charge in [0.2, 0.25) is 0 Å². The minimum atomic E-state index is -0.00404. The third-order valence-electron chi connectivity index (χ3n) is 4.36. The molecule has 18 heavy (non-hydrogen) atoms. The second kappa shape index (κ2) is 5.15. The Labute approximate surface area is 120 Å². The van der Waals surface area contributed by atoms with E-state index < -0.39 is 0 Å². The van der Waals surface area contributed by atoms with Gasteiger partial charge in [-0.3, -0.25) is 0 Å². The molecule has 1 aromatic heterocycles. The van der Waals surface area contributed by atoms with Gasteiger partial charge in [-0.1, -0.05) is 32.4 Å². The standard InChI is InChI=1S/C15H24ClNS/c1-14(2,3)11-6-8-15(17,9-7-11)10-12-4-5-13(16)18-12/h4-5,11H,6-10,17H2,1-3H3. The van der Waals surface area contributed by atoms with E-state index in [9.17, 15) is 0 Å². The largest absolute Gasteiger partial charge is 0.325 e. The highest BCUT2D eigenvalue weighted by molar-refractivity contribution is 7.16. The summed E-state index contributed by atoms with van der Waals surface area (Å²) in [5.41, 5.74) is 6.99. The van der Waals surface area contributed by atoms with E-state index in [1.165, 1.54) is 17.7 Å². The molecular formula is C15H24ClNS. The van der Waals surface area contributed by atoms with Gasteiger partial charge in [-0.25, -0.2) is 0 Å². The Balaban J connectivity index is 1.95. The van der Waals surface area contributed by atoms with Crippen LogP contribution in [-0.2, 0) is 6.42 Å². The van der Waals surface area contributed by atoms with Crippen molar-refractivity contribution < 1.29 is 0 Å². The molecule has 0 amide bonds. The highest BCUT2D eigenvalue weighted by atomic mass is 35.5. The number of halogens is 1. The van der Waals surface area contributed by atoms with Crippen LogP contribution in [0.3, 0.4) is 0 Å². The first-order valence-electron chi connectivity index (χ1n) is 6.82. The van der Waals surface area contributed by atoms with Gasteiger partial charge in [0.1, 0.15) is 0 Å². The Morgan fingerprint density at radius 2 is 1.94 bits per heavy atom. The lowest BCUT2D eigenvalue weighted by molar-refractivity contribution is 0.134. The number of hydrogen-bond donors (Lipinski definition) is 1. The molecule has 1 aliphatic carbocycles. The maximum absolute atomic E-state index is 6.57. The fourth-order valence-corrected chi connectivity index (χ4v) is 4.27. The number of nitrogens with two attached hydrogens (primary N) is 1. The molecule has 2 rings (SSSR count). The zero-order chi connectivity index (χ0) is 13.4. The first-order valence-corrected chi connectivity index (χ1v) is 8.01. The first-order chi connectivity index (χ1) is 8.28.